The molecule has 1 heterocycles. The van der Waals surface area contributed by atoms with Gasteiger partial charge in [0.1, 0.15) is 17.4 Å². The maximum Gasteiger partial charge on any atom is 0.235 e. The van der Waals surface area contributed by atoms with E-state index >= 15 is 0 Å². The molecule has 0 saturated carbocycles. The lowest BCUT2D eigenvalue weighted by Crippen LogP contribution is -2.24. The van der Waals surface area contributed by atoms with Crippen molar-refractivity contribution < 1.29 is 14.3 Å². The third-order valence-electron chi connectivity index (χ3n) is 4.19. The summed E-state index contributed by atoms with van der Waals surface area (Å²) in [5.41, 5.74) is 2.61. The summed E-state index contributed by atoms with van der Waals surface area (Å²) in [6.07, 6.45) is 0.352. The van der Waals surface area contributed by atoms with E-state index in [1.54, 1.807) is 20.3 Å². The first-order valence-corrected chi connectivity index (χ1v) is 8.42. The van der Waals surface area contributed by atoms with Crippen molar-refractivity contribution >= 4 is 11.6 Å². The molecular weight excluding hydrogens is 346 g/mol. The van der Waals surface area contributed by atoms with Gasteiger partial charge in [0.25, 0.3) is 0 Å². The zero-order valence-electron chi connectivity index (χ0n) is 15.4. The van der Waals surface area contributed by atoms with Gasteiger partial charge in [-0.25, -0.2) is 0 Å². The van der Waals surface area contributed by atoms with E-state index in [1.807, 2.05) is 43.3 Å². The Balaban J connectivity index is 1.87. The fourth-order valence-electron chi connectivity index (χ4n) is 2.81. The minimum atomic E-state index is -0.633. The lowest BCUT2D eigenvalue weighted by molar-refractivity contribution is -0.117. The SMILES string of the molecule is COc1ccc(CC(C(=O)Nc2cccc(C)c2)c2nn[nH]n2)c(OC)c1. The summed E-state index contributed by atoms with van der Waals surface area (Å²) >= 11 is 0. The molecule has 1 unspecified atom stereocenters. The third kappa shape index (κ3) is 4.41. The summed E-state index contributed by atoms with van der Waals surface area (Å²) in [6, 6.07) is 13.1. The fraction of sp³-hybridized carbons (Fsp3) is 0.263. The molecule has 1 amide bonds. The Morgan fingerprint density at radius 2 is 2.04 bits per heavy atom. The number of anilines is 1. The number of aromatic nitrogens is 4. The molecule has 8 heteroatoms. The number of H-pyrrole nitrogens is 1. The van der Waals surface area contributed by atoms with Crippen LogP contribution in [0.4, 0.5) is 5.69 Å². The quantitative estimate of drug-likeness (QED) is 0.665. The largest absolute Gasteiger partial charge is 0.497 e. The number of rotatable bonds is 7. The first-order valence-electron chi connectivity index (χ1n) is 8.42. The van der Waals surface area contributed by atoms with E-state index in [1.165, 1.54) is 0 Å². The summed E-state index contributed by atoms with van der Waals surface area (Å²) < 4.78 is 10.7. The molecule has 0 bridgehead atoms. The lowest BCUT2D eigenvalue weighted by atomic mass is 9.96. The van der Waals surface area contributed by atoms with Gasteiger partial charge in [-0.3, -0.25) is 4.79 Å². The van der Waals surface area contributed by atoms with E-state index < -0.39 is 5.92 Å². The number of aromatic amines is 1. The second kappa shape index (κ2) is 8.31. The van der Waals surface area contributed by atoms with Crippen molar-refractivity contribution in [2.45, 2.75) is 19.3 Å². The number of carbonyl (C=O) groups excluding carboxylic acids is 1. The number of hydrogen-bond donors (Lipinski definition) is 2. The van der Waals surface area contributed by atoms with Crippen molar-refractivity contribution in [2.75, 3.05) is 19.5 Å². The Bertz CT molecular complexity index is 911. The van der Waals surface area contributed by atoms with E-state index in [0.717, 1.165) is 16.8 Å². The molecule has 140 valence electrons. The van der Waals surface area contributed by atoms with Crippen LogP contribution in [0.5, 0.6) is 11.5 Å². The van der Waals surface area contributed by atoms with Crippen LogP contribution < -0.4 is 14.8 Å². The smallest absolute Gasteiger partial charge is 0.235 e. The highest BCUT2D eigenvalue weighted by atomic mass is 16.5. The van der Waals surface area contributed by atoms with Crippen LogP contribution in [0.2, 0.25) is 0 Å². The summed E-state index contributed by atoms with van der Waals surface area (Å²) in [4.78, 5) is 13.0. The average molecular weight is 367 g/mol. The Kier molecular flexibility index (Phi) is 5.65. The standard InChI is InChI=1S/C19H21N5O3/c1-12-5-4-6-14(9-12)20-19(25)16(18-21-23-24-22-18)10-13-7-8-15(26-2)11-17(13)27-3/h4-9,11,16H,10H2,1-3H3,(H,20,25)(H,21,22,23,24). The fourth-order valence-corrected chi connectivity index (χ4v) is 2.81. The van der Waals surface area contributed by atoms with Gasteiger partial charge in [0.15, 0.2) is 5.82 Å². The van der Waals surface area contributed by atoms with E-state index in [0.29, 0.717) is 23.7 Å². The zero-order chi connectivity index (χ0) is 19.2. The lowest BCUT2D eigenvalue weighted by Gasteiger charge is -2.16. The predicted molar refractivity (Wildman–Crippen MR) is 100.0 cm³/mol. The van der Waals surface area contributed by atoms with E-state index in [2.05, 4.69) is 25.9 Å². The van der Waals surface area contributed by atoms with Gasteiger partial charge in [-0.05, 0) is 42.7 Å². The van der Waals surface area contributed by atoms with Crippen LogP contribution in [0.25, 0.3) is 0 Å². The molecule has 0 fully saturated rings. The summed E-state index contributed by atoms with van der Waals surface area (Å²) in [5, 5.41) is 16.9. The molecule has 1 atom stereocenters. The van der Waals surface area contributed by atoms with E-state index in [9.17, 15) is 4.79 Å². The average Bonchev–Trinajstić information content (AvgIpc) is 3.20. The van der Waals surface area contributed by atoms with Crippen molar-refractivity contribution in [1.29, 1.82) is 0 Å². The maximum atomic E-state index is 13.0. The normalized spacial score (nSPS) is 11.7. The van der Waals surface area contributed by atoms with Crippen LogP contribution in [0.3, 0.4) is 0 Å². The Morgan fingerprint density at radius 3 is 2.70 bits per heavy atom. The van der Waals surface area contributed by atoms with Crippen LogP contribution >= 0.6 is 0 Å². The topological polar surface area (TPSA) is 102 Å². The number of tetrazole rings is 1. The van der Waals surface area contributed by atoms with Gasteiger partial charge in [0.05, 0.1) is 14.2 Å². The minimum absolute atomic E-state index is 0.222. The van der Waals surface area contributed by atoms with Crippen molar-refractivity contribution in [2.24, 2.45) is 0 Å². The number of aryl methyl sites for hydroxylation is 1. The molecule has 0 spiro atoms. The number of methoxy groups -OCH3 is 2. The van der Waals surface area contributed by atoms with Gasteiger partial charge in [0, 0.05) is 11.8 Å². The summed E-state index contributed by atoms with van der Waals surface area (Å²) in [7, 11) is 3.17. The monoisotopic (exact) mass is 367 g/mol. The number of benzene rings is 2. The maximum absolute atomic E-state index is 13.0. The van der Waals surface area contributed by atoms with E-state index in [-0.39, 0.29) is 5.91 Å². The van der Waals surface area contributed by atoms with Gasteiger partial charge in [-0.1, -0.05) is 23.4 Å². The highest BCUT2D eigenvalue weighted by Crippen LogP contribution is 2.29. The molecular formula is C19H21N5O3. The molecule has 0 saturated heterocycles. The van der Waals surface area contributed by atoms with Gasteiger partial charge in [-0.2, -0.15) is 5.21 Å². The number of hydrogen-bond acceptors (Lipinski definition) is 6. The van der Waals surface area contributed by atoms with Crippen molar-refractivity contribution in [3.8, 4) is 11.5 Å². The molecule has 0 aliphatic carbocycles. The van der Waals surface area contributed by atoms with E-state index in [4.69, 9.17) is 9.47 Å². The van der Waals surface area contributed by atoms with Gasteiger partial charge < -0.3 is 14.8 Å². The molecule has 0 aliphatic rings. The van der Waals surface area contributed by atoms with Crippen LogP contribution in [0.1, 0.15) is 22.9 Å². The minimum Gasteiger partial charge on any atom is -0.497 e. The molecule has 3 rings (SSSR count). The van der Waals surface area contributed by atoms with Gasteiger partial charge in [-0.15, -0.1) is 10.2 Å². The number of ether oxygens (including phenoxy) is 2. The number of amides is 1. The molecule has 27 heavy (non-hydrogen) atoms. The van der Waals surface area contributed by atoms with Crippen LogP contribution in [-0.4, -0.2) is 40.8 Å². The number of carbonyl (C=O) groups is 1. The van der Waals surface area contributed by atoms with Gasteiger partial charge in [0.2, 0.25) is 5.91 Å². The predicted octanol–water partition coefficient (Wildman–Crippen LogP) is 2.49. The molecule has 8 nitrogen and oxygen atoms in total. The Hall–Kier alpha value is -3.42. The van der Waals surface area contributed by atoms with Gasteiger partial charge >= 0.3 is 0 Å². The Morgan fingerprint density at radius 1 is 1.19 bits per heavy atom. The first-order chi connectivity index (χ1) is 13.1. The molecule has 2 N–H and O–H groups in total. The second-order valence-corrected chi connectivity index (χ2v) is 6.06. The first kappa shape index (κ1) is 18.4. The molecule has 0 radical (unpaired) electrons. The van der Waals surface area contributed by atoms with Crippen LogP contribution in [-0.2, 0) is 11.2 Å². The highest BCUT2D eigenvalue weighted by molar-refractivity contribution is 5.95. The van der Waals surface area contributed by atoms with Crippen LogP contribution in [0, 0.1) is 6.92 Å². The molecule has 3 aromatic rings. The zero-order valence-corrected chi connectivity index (χ0v) is 15.4. The second-order valence-electron chi connectivity index (χ2n) is 6.06. The summed E-state index contributed by atoms with van der Waals surface area (Å²) in [6.45, 7) is 1.97. The van der Waals surface area contributed by atoms with Crippen molar-refractivity contribution in [3.63, 3.8) is 0 Å². The molecule has 0 aliphatic heterocycles. The van der Waals surface area contributed by atoms with Crippen LogP contribution in [0.15, 0.2) is 42.5 Å². The molecule has 1 aromatic heterocycles. The number of nitrogens with one attached hydrogen (secondary N) is 2. The highest BCUT2D eigenvalue weighted by Gasteiger charge is 2.27. The third-order valence-corrected chi connectivity index (χ3v) is 4.19. The molecule has 2 aromatic carbocycles. The van der Waals surface area contributed by atoms with Crippen molar-refractivity contribution in [1.82, 2.24) is 20.6 Å². The number of nitrogens with zero attached hydrogens (tertiary/aromatic N) is 3. The Labute approximate surface area is 156 Å². The summed E-state index contributed by atoms with van der Waals surface area (Å²) in [5.74, 6) is 0.770. The van der Waals surface area contributed by atoms with Crippen molar-refractivity contribution in [3.05, 3.63) is 59.4 Å².